The summed E-state index contributed by atoms with van der Waals surface area (Å²) in [4.78, 5) is 14.5. The summed E-state index contributed by atoms with van der Waals surface area (Å²) in [7, 11) is 0. The van der Waals surface area contributed by atoms with E-state index >= 15 is 0 Å². The van der Waals surface area contributed by atoms with Crippen LogP contribution in [0.2, 0.25) is 0 Å². The molecule has 1 fully saturated rings. The molecule has 0 aromatic heterocycles. The van der Waals surface area contributed by atoms with Crippen molar-refractivity contribution < 1.29 is 18.3 Å². The van der Waals surface area contributed by atoms with Gasteiger partial charge in [-0.05, 0) is 55.5 Å². The van der Waals surface area contributed by atoms with Gasteiger partial charge in [0.2, 0.25) is 0 Å². The van der Waals surface area contributed by atoms with Crippen LogP contribution in [0.15, 0.2) is 24.3 Å². The molecule has 0 bridgehead atoms. The first-order valence-electron chi connectivity index (χ1n) is 8.49. The highest BCUT2D eigenvalue weighted by Crippen LogP contribution is 2.20. The van der Waals surface area contributed by atoms with Crippen LogP contribution >= 0.6 is 0 Å². The van der Waals surface area contributed by atoms with Crippen LogP contribution in [0.1, 0.15) is 37.0 Å². The predicted octanol–water partition coefficient (Wildman–Crippen LogP) is 3.39. The topological polar surface area (TPSA) is 41.6 Å². The zero-order valence-corrected chi connectivity index (χ0v) is 14.3. The molecule has 24 heavy (non-hydrogen) atoms. The molecule has 0 saturated carbocycles. The summed E-state index contributed by atoms with van der Waals surface area (Å²) in [5.41, 5.74) is 0.442. The summed E-state index contributed by atoms with van der Waals surface area (Å²) in [5, 5.41) is 2.87. The van der Waals surface area contributed by atoms with E-state index in [1.165, 1.54) is 30.7 Å². The van der Waals surface area contributed by atoms with Crippen molar-refractivity contribution in [2.75, 3.05) is 26.2 Å². The second-order valence-corrected chi connectivity index (χ2v) is 6.72. The third kappa shape index (κ3) is 6.07. The summed E-state index contributed by atoms with van der Waals surface area (Å²) in [6.45, 7) is 5.56. The fraction of sp³-hybridized carbons (Fsp3) is 0.611. The van der Waals surface area contributed by atoms with Crippen molar-refractivity contribution in [1.82, 2.24) is 10.2 Å². The van der Waals surface area contributed by atoms with Crippen LogP contribution in [0, 0.1) is 11.8 Å². The lowest BCUT2D eigenvalue weighted by atomic mass is 9.92. The number of carbonyl (C=O) groups excluding carboxylic acids is 1. The first-order valence-corrected chi connectivity index (χ1v) is 8.49. The van der Waals surface area contributed by atoms with Gasteiger partial charge in [0.15, 0.2) is 0 Å². The molecule has 1 aromatic rings. The molecule has 0 radical (unpaired) electrons. The molecule has 134 valence electrons. The van der Waals surface area contributed by atoms with Gasteiger partial charge in [-0.3, -0.25) is 4.79 Å². The Morgan fingerprint density at radius 3 is 2.46 bits per heavy atom. The molecule has 1 heterocycles. The van der Waals surface area contributed by atoms with Gasteiger partial charge >= 0.3 is 6.61 Å². The molecule has 2 unspecified atom stereocenters. The van der Waals surface area contributed by atoms with Crippen LogP contribution in [0.4, 0.5) is 8.78 Å². The van der Waals surface area contributed by atoms with Crippen LogP contribution in [0.3, 0.4) is 0 Å². The van der Waals surface area contributed by atoms with E-state index in [-0.39, 0.29) is 11.7 Å². The number of nitrogens with zero attached hydrogens (tertiary/aromatic N) is 1. The summed E-state index contributed by atoms with van der Waals surface area (Å²) in [5.74, 6) is 1.32. The normalized spacial score (nSPS) is 21.7. The van der Waals surface area contributed by atoms with Crippen LogP contribution in [0.5, 0.6) is 5.75 Å². The highest BCUT2D eigenvalue weighted by molar-refractivity contribution is 5.94. The Hall–Kier alpha value is -1.69. The average molecular weight is 340 g/mol. The smallest absolute Gasteiger partial charge is 0.387 e. The molecule has 1 aromatic carbocycles. The number of carbonyl (C=O) groups is 1. The van der Waals surface area contributed by atoms with Crippen molar-refractivity contribution >= 4 is 5.91 Å². The Morgan fingerprint density at radius 1 is 1.25 bits per heavy atom. The number of hydrogen-bond acceptors (Lipinski definition) is 3. The van der Waals surface area contributed by atoms with E-state index < -0.39 is 6.61 Å². The molecule has 1 saturated heterocycles. The number of likely N-dealkylation sites (tertiary alicyclic amines) is 1. The van der Waals surface area contributed by atoms with Gasteiger partial charge in [-0.1, -0.05) is 13.8 Å². The van der Waals surface area contributed by atoms with Crippen molar-refractivity contribution in [2.45, 2.75) is 33.3 Å². The lowest BCUT2D eigenvalue weighted by Crippen LogP contribution is -2.40. The van der Waals surface area contributed by atoms with Gasteiger partial charge in [0.1, 0.15) is 5.75 Å². The van der Waals surface area contributed by atoms with Crippen molar-refractivity contribution in [2.24, 2.45) is 11.8 Å². The third-order valence-corrected chi connectivity index (χ3v) is 4.22. The molecule has 2 atom stereocenters. The number of alkyl halides is 2. The second-order valence-electron chi connectivity index (χ2n) is 6.72. The zero-order valence-electron chi connectivity index (χ0n) is 14.3. The van der Waals surface area contributed by atoms with E-state index in [1.807, 2.05) is 0 Å². The molecule has 1 N–H and O–H groups in total. The minimum Gasteiger partial charge on any atom is -0.435 e. The van der Waals surface area contributed by atoms with E-state index in [2.05, 4.69) is 28.8 Å². The van der Waals surface area contributed by atoms with E-state index in [9.17, 15) is 13.6 Å². The van der Waals surface area contributed by atoms with E-state index in [4.69, 9.17) is 0 Å². The van der Waals surface area contributed by atoms with Crippen LogP contribution < -0.4 is 10.1 Å². The minimum absolute atomic E-state index is 0.0508. The molecule has 2 rings (SSSR count). The van der Waals surface area contributed by atoms with Crippen LogP contribution in [0.25, 0.3) is 0 Å². The molecular weight excluding hydrogens is 314 g/mol. The Kier molecular flexibility index (Phi) is 6.97. The number of hydrogen-bond donors (Lipinski definition) is 1. The molecule has 1 amide bonds. The van der Waals surface area contributed by atoms with Gasteiger partial charge in [-0.25, -0.2) is 0 Å². The van der Waals surface area contributed by atoms with Crippen LogP contribution in [-0.4, -0.2) is 43.6 Å². The maximum atomic E-state index is 12.1. The molecule has 1 aliphatic heterocycles. The highest BCUT2D eigenvalue weighted by atomic mass is 19.3. The van der Waals surface area contributed by atoms with Gasteiger partial charge < -0.3 is 15.0 Å². The van der Waals surface area contributed by atoms with Gasteiger partial charge in [-0.2, -0.15) is 8.78 Å². The predicted molar refractivity (Wildman–Crippen MR) is 89.4 cm³/mol. The first kappa shape index (κ1) is 18.6. The maximum absolute atomic E-state index is 12.1. The fourth-order valence-electron chi connectivity index (χ4n) is 3.37. The van der Waals surface area contributed by atoms with E-state index in [0.29, 0.717) is 12.1 Å². The van der Waals surface area contributed by atoms with Crippen molar-refractivity contribution in [1.29, 1.82) is 0 Å². The van der Waals surface area contributed by atoms with Crippen molar-refractivity contribution in [3.8, 4) is 5.75 Å². The summed E-state index contributed by atoms with van der Waals surface area (Å²) >= 11 is 0. The number of amides is 1. The first-order chi connectivity index (χ1) is 11.4. The Labute approximate surface area is 142 Å². The van der Waals surface area contributed by atoms with Gasteiger partial charge in [-0.15, -0.1) is 0 Å². The quantitative estimate of drug-likeness (QED) is 0.774. The van der Waals surface area contributed by atoms with E-state index in [1.54, 1.807) is 0 Å². The number of rotatable bonds is 7. The highest BCUT2D eigenvalue weighted by Gasteiger charge is 2.21. The largest absolute Gasteiger partial charge is 0.435 e. The zero-order chi connectivity index (χ0) is 17.5. The molecule has 6 heteroatoms. The number of piperidine rings is 1. The van der Waals surface area contributed by atoms with Crippen molar-refractivity contribution in [3.05, 3.63) is 29.8 Å². The summed E-state index contributed by atoms with van der Waals surface area (Å²) in [6.07, 6.45) is 2.19. The Morgan fingerprint density at radius 2 is 1.88 bits per heavy atom. The van der Waals surface area contributed by atoms with Gasteiger partial charge in [0.25, 0.3) is 5.91 Å². The van der Waals surface area contributed by atoms with Gasteiger partial charge in [0, 0.05) is 25.2 Å². The SMILES string of the molecule is CC1CC(C)CN(CCCNC(=O)c2ccc(OC(F)F)cc2)C1. The van der Waals surface area contributed by atoms with Crippen molar-refractivity contribution in [3.63, 3.8) is 0 Å². The molecule has 1 aliphatic rings. The van der Waals surface area contributed by atoms with Crippen LogP contribution in [-0.2, 0) is 0 Å². The summed E-state index contributed by atoms with van der Waals surface area (Å²) in [6, 6.07) is 5.72. The number of nitrogens with one attached hydrogen (secondary N) is 1. The standard InChI is InChI=1S/C18H26F2N2O2/c1-13-10-14(2)12-22(11-13)9-3-8-21-17(23)15-4-6-16(7-5-15)24-18(19)20/h4-7,13-14,18H,3,8-12H2,1-2H3,(H,21,23). The summed E-state index contributed by atoms with van der Waals surface area (Å²) < 4.78 is 28.4. The lowest BCUT2D eigenvalue weighted by molar-refractivity contribution is -0.0498. The molecular formula is C18H26F2N2O2. The number of halogens is 2. The van der Waals surface area contributed by atoms with E-state index in [0.717, 1.165) is 37.9 Å². The third-order valence-electron chi connectivity index (χ3n) is 4.22. The fourth-order valence-corrected chi connectivity index (χ4v) is 3.37. The van der Waals surface area contributed by atoms with Gasteiger partial charge in [0.05, 0.1) is 0 Å². The lowest BCUT2D eigenvalue weighted by Gasteiger charge is -2.34. The second kappa shape index (κ2) is 8.97. The molecule has 4 nitrogen and oxygen atoms in total. The maximum Gasteiger partial charge on any atom is 0.387 e. The number of benzene rings is 1. The molecule has 0 spiro atoms. The Bertz CT molecular complexity index is 512. The molecule has 0 aliphatic carbocycles. The minimum atomic E-state index is -2.86. The Balaban J connectivity index is 1.69. The number of ether oxygens (including phenoxy) is 1. The monoisotopic (exact) mass is 340 g/mol. The average Bonchev–Trinajstić information content (AvgIpc) is 2.50.